The number of nitrogens with zero attached hydrogens (tertiary/aromatic N) is 1. The fourth-order valence-corrected chi connectivity index (χ4v) is 6.38. The van der Waals surface area contributed by atoms with Crippen LogP contribution in [0.25, 0.3) is 0 Å². The van der Waals surface area contributed by atoms with Crippen LogP contribution in [0.3, 0.4) is 0 Å². The average Bonchev–Trinajstić information content (AvgIpc) is 2.86. The molecular weight excluding hydrogens is 406 g/mol. The highest BCUT2D eigenvalue weighted by molar-refractivity contribution is 9.10. The van der Waals surface area contributed by atoms with Crippen LogP contribution >= 0.6 is 15.9 Å². The van der Waals surface area contributed by atoms with Crippen LogP contribution in [0.15, 0.2) is 40.4 Å². The number of halogens is 1. The van der Waals surface area contributed by atoms with E-state index < -0.39 is 11.2 Å². The Hall–Kier alpha value is -1.33. The summed E-state index contributed by atoms with van der Waals surface area (Å²) in [4.78, 5) is 14.9. The van der Waals surface area contributed by atoms with E-state index in [1.807, 2.05) is 17.0 Å². The second-order valence-electron chi connectivity index (χ2n) is 8.99. The molecule has 4 nitrogen and oxygen atoms in total. The molecule has 3 fully saturated rings. The lowest BCUT2D eigenvalue weighted by Gasteiger charge is -2.50. The molecule has 5 rings (SSSR count). The minimum Gasteiger partial charge on any atom is -0.442 e. The first-order chi connectivity index (χ1) is 12.8. The van der Waals surface area contributed by atoms with Crippen LogP contribution in [0.5, 0.6) is 0 Å². The van der Waals surface area contributed by atoms with Gasteiger partial charge in [-0.05, 0) is 43.9 Å². The normalized spacial score (nSPS) is 40.9. The van der Waals surface area contributed by atoms with Crippen LogP contribution in [-0.2, 0) is 4.74 Å². The zero-order valence-electron chi connectivity index (χ0n) is 15.8. The van der Waals surface area contributed by atoms with E-state index in [1.54, 1.807) is 0 Å². The van der Waals surface area contributed by atoms with Crippen molar-refractivity contribution in [2.24, 2.45) is 17.8 Å². The standard InChI is InChI=1S/C22H26BrNO3/c1-13-9-16-11-21(26)12-17(10-19(16)21)22(13)7-8-24(20(25)27-22)14(2)15-3-5-18(23)6-4-15/h3-6,9,13-14,17,19,26H,7-8,10-12H2,1-2H3. The van der Waals surface area contributed by atoms with Crippen LogP contribution in [0, 0.1) is 17.8 Å². The van der Waals surface area contributed by atoms with Crippen molar-refractivity contribution in [2.45, 2.75) is 56.8 Å². The van der Waals surface area contributed by atoms with Gasteiger partial charge < -0.3 is 14.7 Å². The third-order valence-electron chi connectivity index (χ3n) is 7.73. The Morgan fingerprint density at radius 2 is 2.07 bits per heavy atom. The van der Waals surface area contributed by atoms with Gasteiger partial charge in [0.1, 0.15) is 5.60 Å². The molecule has 1 aromatic rings. The summed E-state index contributed by atoms with van der Waals surface area (Å²) in [5, 5.41) is 10.8. The molecule has 3 aliphatic carbocycles. The van der Waals surface area contributed by atoms with E-state index in [-0.39, 0.29) is 24.0 Å². The maximum atomic E-state index is 13.1. The molecule has 1 amide bonds. The van der Waals surface area contributed by atoms with Crippen molar-refractivity contribution in [3.05, 3.63) is 46.0 Å². The number of fused-ring (bicyclic) bond motifs is 2. The molecule has 1 saturated heterocycles. The molecule has 1 aliphatic heterocycles. The largest absolute Gasteiger partial charge is 0.442 e. The van der Waals surface area contributed by atoms with Crippen LogP contribution < -0.4 is 0 Å². The van der Waals surface area contributed by atoms with E-state index in [1.165, 1.54) is 5.57 Å². The van der Waals surface area contributed by atoms with Crippen molar-refractivity contribution in [1.29, 1.82) is 0 Å². The summed E-state index contributed by atoms with van der Waals surface area (Å²) in [5.74, 6) is 0.761. The number of ether oxygens (including phenoxy) is 1. The second kappa shape index (κ2) is 5.84. The van der Waals surface area contributed by atoms with Crippen molar-refractivity contribution >= 4 is 22.0 Å². The summed E-state index contributed by atoms with van der Waals surface area (Å²) in [6.45, 7) is 4.94. The van der Waals surface area contributed by atoms with Gasteiger partial charge in [-0.25, -0.2) is 4.79 Å². The van der Waals surface area contributed by atoms with Gasteiger partial charge in [-0.2, -0.15) is 0 Å². The Labute approximate surface area is 168 Å². The van der Waals surface area contributed by atoms with E-state index in [9.17, 15) is 9.90 Å². The number of aliphatic hydroxyl groups is 1. The van der Waals surface area contributed by atoms with Crippen LogP contribution in [0.4, 0.5) is 4.79 Å². The minimum atomic E-state index is -0.544. The Bertz CT molecular complexity index is 821. The maximum absolute atomic E-state index is 13.1. The maximum Gasteiger partial charge on any atom is 0.410 e. The van der Waals surface area contributed by atoms with E-state index in [2.05, 4.69) is 48.0 Å². The number of hydrogen-bond donors (Lipinski definition) is 1. The molecule has 5 heteroatoms. The number of rotatable bonds is 2. The number of hydrogen-bond acceptors (Lipinski definition) is 3. The van der Waals surface area contributed by atoms with Crippen LogP contribution in [-0.4, -0.2) is 33.8 Å². The first-order valence-electron chi connectivity index (χ1n) is 10.0. The summed E-state index contributed by atoms with van der Waals surface area (Å²) in [7, 11) is 0. The van der Waals surface area contributed by atoms with Gasteiger partial charge in [0.2, 0.25) is 0 Å². The molecule has 27 heavy (non-hydrogen) atoms. The molecule has 0 radical (unpaired) electrons. The molecule has 0 aromatic heterocycles. The Balaban J connectivity index is 1.39. The summed E-state index contributed by atoms with van der Waals surface area (Å²) >= 11 is 3.46. The highest BCUT2D eigenvalue weighted by Crippen LogP contribution is 2.63. The van der Waals surface area contributed by atoms with E-state index >= 15 is 0 Å². The molecule has 6 atom stereocenters. The van der Waals surface area contributed by atoms with Gasteiger partial charge >= 0.3 is 6.09 Å². The smallest absolute Gasteiger partial charge is 0.410 e. The van der Waals surface area contributed by atoms with Crippen LogP contribution in [0.1, 0.15) is 51.1 Å². The number of carbonyl (C=O) groups excluding carboxylic acids is 1. The molecule has 1 aromatic carbocycles. The summed E-state index contributed by atoms with van der Waals surface area (Å²) in [5.41, 5.74) is 1.49. The van der Waals surface area contributed by atoms with Gasteiger partial charge in [0.15, 0.2) is 0 Å². The second-order valence-corrected chi connectivity index (χ2v) is 9.91. The molecule has 1 heterocycles. The third kappa shape index (κ3) is 2.47. The molecule has 6 unspecified atom stereocenters. The SMILES string of the molecule is CC(c1ccc(Br)cc1)N1CCC2(OC1=O)C(C)C=C1CC3(O)CC2CC13. The highest BCUT2D eigenvalue weighted by atomic mass is 79.9. The number of carbonyl (C=O) groups is 1. The van der Waals surface area contributed by atoms with Gasteiger partial charge in [0.05, 0.1) is 11.6 Å². The molecule has 144 valence electrons. The zero-order chi connectivity index (χ0) is 19.0. The molecular formula is C22H26BrNO3. The lowest BCUT2D eigenvalue weighted by atomic mass is 9.64. The lowest BCUT2D eigenvalue weighted by Crippen LogP contribution is -2.57. The van der Waals surface area contributed by atoms with Crippen molar-refractivity contribution in [2.75, 3.05) is 6.54 Å². The predicted molar refractivity (Wildman–Crippen MR) is 106 cm³/mol. The molecule has 2 bridgehead atoms. The predicted octanol–water partition coefficient (Wildman–Crippen LogP) is 4.83. The van der Waals surface area contributed by atoms with Gasteiger partial charge in [-0.15, -0.1) is 0 Å². The average molecular weight is 432 g/mol. The van der Waals surface area contributed by atoms with Crippen molar-refractivity contribution in [3.63, 3.8) is 0 Å². The van der Waals surface area contributed by atoms with E-state index in [4.69, 9.17) is 4.74 Å². The van der Waals surface area contributed by atoms with Crippen molar-refractivity contribution < 1.29 is 14.6 Å². The topological polar surface area (TPSA) is 49.8 Å². The lowest BCUT2D eigenvalue weighted by molar-refractivity contribution is -0.118. The van der Waals surface area contributed by atoms with Gasteiger partial charge in [-0.1, -0.05) is 46.6 Å². The Morgan fingerprint density at radius 3 is 2.78 bits per heavy atom. The first kappa shape index (κ1) is 17.7. The van der Waals surface area contributed by atoms with Crippen molar-refractivity contribution in [3.8, 4) is 0 Å². The fourth-order valence-electron chi connectivity index (χ4n) is 6.11. The summed E-state index contributed by atoms with van der Waals surface area (Å²) in [6, 6.07) is 8.10. The summed E-state index contributed by atoms with van der Waals surface area (Å²) in [6.07, 6.45) is 5.46. The third-order valence-corrected chi connectivity index (χ3v) is 8.26. The summed E-state index contributed by atoms with van der Waals surface area (Å²) < 4.78 is 7.29. The molecule has 2 saturated carbocycles. The van der Waals surface area contributed by atoms with Gasteiger partial charge in [-0.3, -0.25) is 0 Å². The molecule has 1 N–H and O–H groups in total. The Kier molecular flexibility index (Phi) is 3.84. The number of amides is 1. The number of benzene rings is 1. The van der Waals surface area contributed by atoms with Gasteiger partial charge in [0.25, 0.3) is 0 Å². The minimum absolute atomic E-state index is 0.0173. The van der Waals surface area contributed by atoms with Gasteiger partial charge in [0, 0.05) is 35.2 Å². The molecule has 4 aliphatic rings. The monoisotopic (exact) mass is 431 g/mol. The fraction of sp³-hybridized carbons (Fsp3) is 0.591. The first-order valence-corrected chi connectivity index (χ1v) is 10.8. The highest BCUT2D eigenvalue weighted by Gasteiger charge is 2.64. The quantitative estimate of drug-likeness (QED) is 0.682. The van der Waals surface area contributed by atoms with Crippen molar-refractivity contribution in [1.82, 2.24) is 4.90 Å². The Morgan fingerprint density at radius 1 is 1.33 bits per heavy atom. The zero-order valence-corrected chi connectivity index (χ0v) is 17.4. The molecule has 1 spiro atoms. The van der Waals surface area contributed by atoms with E-state index in [0.717, 1.165) is 35.7 Å². The van der Waals surface area contributed by atoms with Crippen LogP contribution in [0.2, 0.25) is 0 Å². The van der Waals surface area contributed by atoms with E-state index in [0.29, 0.717) is 12.5 Å².